The summed E-state index contributed by atoms with van der Waals surface area (Å²) in [5.74, 6) is -0.891. The van der Waals surface area contributed by atoms with Crippen LogP contribution in [0.25, 0.3) is 0 Å². The highest BCUT2D eigenvalue weighted by Crippen LogP contribution is 2.26. The van der Waals surface area contributed by atoms with Crippen LogP contribution in [0.1, 0.15) is 23.4 Å². The zero-order chi connectivity index (χ0) is 11.4. The lowest BCUT2D eigenvalue weighted by atomic mass is 10.1. The van der Waals surface area contributed by atoms with E-state index in [4.69, 9.17) is 5.73 Å². The van der Waals surface area contributed by atoms with E-state index in [1.807, 2.05) is 18.4 Å². The van der Waals surface area contributed by atoms with E-state index < -0.39 is 18.2 Å². The van der Waals surface area contributed by atoms with Crippen molar-refractivity contribution in [1.82, 2.24) is 0 Å². The minimum Gasteiger partial charge on any atom is -0.464 e. The molecule has 1 heterocycles. The highest BCUT2D eigenvalue weighted by Gasteiger charge is 2.29. The van der Waals surface area contributed by atoms with Gasteiger partial charge in [-0.3, -0.25) is 0 Å². The molecule has 1 aromatic rings. The molecule has 0 aliphatic heterocycles. The number of hydrogen-bond acceptors (Lipinski definition) is 4. The fourth-order valence-electron chi connectivity index (χ4n) is 1.23. The van der Waals surface area contributed by atoms with E-state index >= 15 is 0 Å². The molecule has 2 atom stereocenters. The van der Waals surface area contributed by atoms with Gasteiger partial charge in [0.2, 0.25) is 6.17 Å². The van der Waals surface area contributed by atoms with Gasteiger partial charge in [0.15, 0.2) is 0 Å². The maximum Gasteiger partial charge on any atom is 0.342 e. The maximum atomic E-state index is 13.5. The van der Waals surface area contributed by atoms with Crippen LogP contribution in [0, 0.1) is 6.92 Å². The lowest BCUT2D eigenvalue weighted by Crippen LogP contribution is -2.31. The average Bonchev–Trinajstić information content (AvgIpc) is 2.62. The first kappa shape index (κ1) is 15.3. The van der Waals surface area contributed by atoms with Gasteiger partial charge in [0.05, 0.1) is 12.6 Å². The van der Waals surface area contributed by atoms with E-state index in [0.29, 0.717) is 4.88 Å². The van der Waals surface area contributed by atoms with Crippen LogP contribution in [-0.4, -0.2) is 18.7 Å². The number of aryl methyl sites for hydroxylation is 1. The van der Waals surface area contributed by atoms with Crippen LogP contribution in [0.15, 0.2) is 11.4 Å². The molecule has 0 aliphatic rings. The van der Waals surface area contributed by atoms with Crippen LogP contribution < -0.4 is 5.73 Å². The van der Waals surface area contributed by atoms with Crippen LogP contribution in [-0.2, 0) is 9.53 Å². The highest BCUT2D eigenvalue weighted by molar-refractivity contribution is 7.10. The standard InChI is InChI=1S/C10H14FNO2S.ClH/c1-3-14-10(13)7(11)8(12)9-6(2)4-5-15-9;/h4-5,7-8H,3,12H2,1-2H3;1H/t7?,8-;/m0./s1. The van der Waals surface area contributed by atoms with Crippen molar-refractivity contribution in [2.45, 2.75) is 26.1 Å². The SMILES string of the molecule is CCOC(=O)C(F)[C@H](N)c1sccc1C.Cl. The van der Waals surface area contributed by atoms with Crippen molar-refractivity contribution in [2.75, 3.05) is 6.61 Å². The maximum absolute atomic E-state index is 13.5. The minimum atomic E-state index is -1.79. The summed E-state index contributed by atoms with van der Waals surface area (Å²) < 4.78 is 18.1. The summed E-state index contributed by atoms with van der Waals surface area (Å²) in [6.45, 7) is 3.63. The molecular formula is C10H15ClFNO2S. The first-order valence-electron chi connectivity index (χ1n) is 4.68. The Hall–Kier alpha value is -0.650. The Morgan fingerprint density at radius 3 is 2.75 bits per heavy atom. The van der Waals surface area contributed by atoms with Crippen molar-refractivity contribution >= 4 is 29.7 Å². The first-order chi connectivity index (χ1) is 7.07. The summed E-state index contributed by atoms with van der Waals surface area (Å²) in [4.78, 5) is 11.8. The van der Waals surface area contributed by atoms with Gasteiger partial charge >= 0.3 is 5.97 Å². The normalized spacial score (nSPS) is 13.8. The Bertz CT molecular complexity index is 345. The number of halogens is 2. The molecule has 0 bridgehead atoms. The lowest BCUT2D eigenvalue weighted by molar-refractivity contribution is -0.149. The monoisotopic (exact) mass is 267 g/mol. The van der Waals surface area contributed by atoms with E-state index in [1.165, 1.54) is 11.3 Å². The van der Waals surface area contributed by atoms with Crippen molar-refractivity contribution in [3.63, 3.8) is 0 Å². The zero-order valence-corrected chi connectivity index (χ0v) is 10.7. The molecule has 0 aromatic carbocycles. The Morgan fingerprint density at radius 1 is 1.69 bits per heavy atom. The lowest BCUT2D eigenvalue weighted by Gasteiger charge is -2.14. The third-order valence-electron chi connectivity index (χ3n) is 2.03. The van der Waals surface area contributed by atoms with Crippen LogP contribution >= 0.6 is 23.7 Å². The van der Waals surface area contributed by atoms with E-state index in [0.717, 1.165) is 5.56 Å². The van der Waals surface area contributed by atoms with Gasteiger partial charge in [-0.05, 0) is 30.9 Å². The molecule has 3 nitrogen and oxygen atoms in total. The van der Waals surface area contributed by atoms with Crippen molar-refractivity contribution in [1.29, 1.82) is 0 Å². The number of thiophene rings is 1. The highest BCUT2D eigenvalue weighted by atomic mass is 35.5. The molecule has 0 aliphatic carbocycles. The van der Waals surface area contributed by atoms with Crippen molar-refractivity contribution in [2.24, 2.45) is 5.73 Å². The molecule has 0 saturated heterocycles. The van der Waals surface area contributed by atoms with E-state index in [2.05, 4.69) is 4.74 Å². The predicted molar refractivity (Wildman–Crippen MR) is 64.8 cm³/mol. The van der Waals surface area contributed by atoms with Crippen LogP contribution in [0.2, 0.25) is 0 Å². The van der Waals surface area contributed by atoms with Gasteiger partial charge in [-0.15, -0.1) is 23.7 Å². The number of esters is 1. The molecule has 0 fully saturated rings. The predicted octanol–water partition coefficient (Wildman–Crippen LogP) is 2.38. The summed E-state index contributed by atoms with van der Waals surface area (Å²) in [6, 6.07) is 0.918. The third-order valence-corrected chi connectivity index (χ3v) is 3.15. The smallest absolute Gasteiger partial charge is 0.342 e. The number of carbonyl (C=O) groups excluding carboxylic acids is 1. The molecular weight excluding hydrogens is 253 g/mol. The van der Waals surface area contributed by atoms with Crippen molar-refractivity contribution in [3.8, 4) is 0 Å². The molecule has 2 N–H and O–H groups in total. The van der Waals surface area contributed by atoms with Gasteiger partial charge in [-0.25, -0.2) is 9.18 Å². The second-order valence-electron chi connectivity index (χ2n) is 3.15. The third kappa shape index (κ3) is 3.43. The van der Waals surface area contributed by atoms with Crippen molar-refractivity contribution < 1.29 is 13.9 Å². The van der Waals surface area contributed by atoms with Crippen LogP contribution in [0.3, 0.4) is 0 Å². The summed E-state index contributed by atoms with van der Waals surface area (Å²) in [6.07, 6.45) is -1.79. The summed E-state index contributed by atoms with van der Waals surface area (Å²) in [5.41, 5.74) is 6.55. The molecule has 0 spiro atoms. The fourth-order valence-corrected chi connectivity index (χ4v) is 2.18. The number of hydrogen-bond donors (Lipinski definition) is 1. The number of nitrogens with two attached hydrogens (primary N) is 1. The van der Waals surface area contributed by atoms with Gasteiger partial charge in [0.25, 0.3) is 0 Å². The quantitative estimate of drug-likeness (QED) is 0.852. The van der Waals surface area contributed by atoms with E-state index in [1.54, 1.807) is 6.92 Å². The molecule has 16 heavy (non-hydrogen) atoms. The first-order valence-corrected chi connectivity index (χ1v) is 5.56. The molecule has 1 rings (SSSR count). The second-order valence-corrected chi connectivity index (χ2v) is 4.10. The summed E-state index contributed by atoms with van der Waals surface area (Å²) >= 11 is 1.35. The summed E-state index contributed by atoms with van der Waals surface area (Å²) in [5, 5.41) is 1.82. The Morgan fingerprint density at radius 2 is 2.31 bits per heavy atom. The topological polar surface area (TPSA) is 52.3 Å². The molecule has 92 valence electrons. The molecule has 1 unspecified atom stereocenters. The molecule has 0 radical (unpaired) electrons. The number of carbonyl (C=O) groups is 1. The van der Waals surface area contributed by atoms with Gasteiger partial charge < -0.3 is 10.5 Å². The largest absolute Gasteiger partial charge is 0.464 e. The van der Waals surface area contributed by atoms with Gasteiger partial charge in [0, 0.05) is 4.88 Å². The van der Waals surface area contributed by atoms with Gasteiger partial charge in [-0.2, -0.15) is 0 Å². The fraction of sp³-hybridized carbons (Fsp3) is 0.500. The minimum absolute atomic E-state index is 0. The second kappa shape index (κ2) is 6.83. The number of alkyl halides is 1. The Balaban J connectivity index is 0.00000225. The average molecular weight is 268 g/mol. The van der Waals surface area contributed by atoms with Crippen molar-refractivity contribution in [3.05, 3.63) is 21.9 Å². The molecule has 1 aromatic heterocycles. The molecule has 6 heteroatoms. The van der Waals surface area contributed by atoms with Crippen LogP contribution in [0.5, 0.6) is 0 Å². The zero-order valence-electron chi connectivity index (χ0n) is 9.10. The van der Waals surface area contributed by atoms with Gasteiger partial charge in [-0.1, -0.05) is 0 Å². The molecule has 0 amide bonds. The number of rotatable bonds is 4. The Kier molecular flexibility index (Phi) is 6.55. The summed E-state index contributed by atoms with van der Waals surface area (Å²) in [7, 11) is 0. The van der Waals surface area contributed by atoms with Crippen LogP contribution in [0.4, 0.5) is 4.39 Å². The van der Waals surface area contributed by atoms with Gasteiger partial charge in [0.1, 0.15) is 0 Å². The van der Waals surface area contributed by atoms with E-state index in [-0.39, 0.29) is 19.0 Å². The molecule has 0 saturated carbocycles. The Labute approximate surface area is 104 Å². The number of ether oxygens (including phenoxy) is 1. The van der Waals surface area contributed by atoms with E-state index in [9.17, 15) is 9.18 Å².